The Bertz CT molecular complexity index is 686. The van der Waals surface area contributed by atoms with Crippen LogP contribution in [0.3, 0.4) is 0 Å². The molecule has 0 radical (unpaired) electrons. The molecule has 2 rings (SSSR count). The number of nitrogens with one attached hydrogen (secondary N) is 1. The van der Waals surface area contributed by atoms with E-state index in [0.29, 0.717) is 13.1 Å². The summed E-state index contributed by atoms with van der Waals surface area (Å²) in [4.78, 5) is 1.32. The Kier molecular flexibility index (Phi) is 4.64. The minimum absolute atomic E-state index is 0.259. The monoisotopic (exact) mass is 313 g/mol. The molecule has 0 saturated carbocycles. The van der Waals surface area contributed by atoms with E-state index >= 15 is 0 Å². The van der Waals surface area contributed by atoms with Gasteiger partial charge in [-0.2, -0.15) is 0 Å². The first kappa shape index (κ1) is 15.2. The molecular weight excluding hydrogens is 294 g/mol. The minimum atomic E-state index is -3.49. The summed E-state index contributed by atoms with van der Waals surface area (Å²) in [5.74, 6) is 0. The second-order valence-electron chi connectivity index (χ2n) is 4.53. The third kappa shape index (κ3) is 3.12. The molecule has 7 heteroatoms. The third-order valence-corrected chi connectivity index (χ3v) is 5.58. The van der Waals surface area contributed by atoms with E-state index in [2.05, 4.69) is 11.6 Å². The number of sulfonamides is 1. The first-order valence-electron chi connectivity index (χ1n) is 6.38. The van der Waals surface area contributed by atoms with Gasteiger partial charge in [0.15, 0.2) is 0 Å². The zero-order valence-corrected chi connectivity index (χ0v) is 13.2. The van der Waals surface area contributed by atoms with Gasteiger partial charge in [-0.1, -0.05) is 6.92 Å². The van der Waals surface area contributed by atoms with Gasteiger partial charge >= 0.3 is 0 Å². The first-order chi connectivity index (χ1) is 9.47. The number of hydrogen-bond acceptors (Lipinski definition) is 4. The Balaban J connectivity index is 2.15. The molecule has 3 N–H and O–H groups in total. The fraction of sp³-hybridized carbons (Fsp3) is 0.385. The molecule has 0 aliphatic heterocycles. The molecule has 0 saturated heterocycles. The Hall–Kier alpha value is -1.15. The first-order valence-corrected chi connectivity index (χ1v) is 8.74. The lowest BCUT2D eigenvalue weighted by Gasteiger charge is -2.05. The maximum Gasteiger partial charge on any atom is 0.242 e. The van der Waals surface area contributed by atoms with Crippen molar-refractivity contribution in [1.29, 1.82) is 0 Å². The Labute approximate surface area is 123 Å². The highest BCUT2D eigenvalue weighted by atomic mass is 32.2. The molecule has 0 spiro atoms. The quantitative estimate of drug-likeness (QED) is 0.850. The van der Waals surface area contributed by atoms with Crippen molar-refractivity contribution < 1.29 is 8.42 Å². The van der Waals surface area contributed by atoms with Gasteiger partial charge in [-0.25, -0.2) is 13.1 Å². The normalized spacial score (nSPS) is 11.9. The molecule has 0 aromatic carbocycles. The van der Waals surface area contributed by atoms with Gasteiger partial charge in [0.25, 0.3) is 0 Å². The summed E-state index contributed by atoms with van der Waals surface area (Å²) in [5, 5.41) is 1.98. The van der Waals surface area contributed by atoms with E-state index in [9.17, 15) is 8.42 Å². The molecule has 0 atom stereocenters. The van der Waals surface area contributed by atoms with Crippen LogP contribution in [0.2, 0.25) is 0 Å². The van der Waals surface area contributed by atoms with Crippen LogP contribution in [0.4, 0.5) is 0 Å². The van der Waals surface area contributed by atoms with Crippen molar-refractivity contribution in [1.82, 2.24) is 9.29 Å². The molecule has 0 aliphatic carbocycles. The lowest BCUT2D eigenvalue weighted by Crippen LogP contribution is -2.22. The van der Waals surface area contributed by atoms with E-state index in [1.807, 2.05) is 11.4 Å². The van der Waals surface area contributed by atoms with Crippen LogP contribution in [0, 0.1) is 0 Å². The van der Waals surface area contributed by atoms with E-state index in [1.54, 1.807) is 35.2 Å². The van der Waals surface area contributed by atoms with E-state index in [1.165, 1.54) is 5.56 Å². The van der Waals surface area contributed by atoms with Crippen molar-refractivity contribution in [3.8, 4) is 0 Å². The van der Waals surface area contributed by atoms with Crippen molar-refractivity contribution >= 4 is 21.4 Å². The minimum Gasteiger partial charge on any atom is -0.352 e. The zero-order valence-electron chi connectivity index (χ0n) is 11.6. The van der Waals surface area contributed by atoms with Crippen LogP contribution in [-0.2, 0) is 36.6 Å². The van der Waals surface area contributed by atoms with E-state index in [0.717, 1.165) is 17.0 Å². The topological polar surface area (TPSA) is 77.1 Å². The molecule has 20 heavy (non-hydrogen) atoms. The van der Waals surface area contributed by atoms with E-state index < -0.39 is 10.0 Å². The maximum atomic E-state index is 12.2. The number of hydrogen-bond donors (Lipinski definition) is 2. The summed E-state index contributed by atoms with van der Waals surface area (Å²) in [6, 6.07) is 3.64. The number of thiophene rings is 1. The van der Waals surface area contributed by atoms with Crippen LogP contribution >= 0.6 is 11.3 Å². The molecule has 0 fully saturated rings. The predicted molar refractivity (Wildman–Crippen MR) is 81.0 cm³/mol. The maximum absolute atomic E-state index is 12.2. The van der Waals surface area contributed by atoms with Gasteiger partial charge < -0.3 is 10.3 Å². The summed E-state index contributed by atoms with van der Waals surface area (Å²) >= 11 is 1.57. The molecule has 2 aromatic rings. The smallest absolute Gasteiger partial charge is 0.242 e. The van der Waals surface area contributed by atoms with Gasteiger partial charge in [-0.05, 0) is 29.5 Å². The largest absolute Gasteiger partial charge is 0.352 e. The van der Waals surface area contributed by atoms with Crippen molar-refractivity contribution in [2.24, 2.45) is 12.8 Å². The zero-order chi connectivity index (χ0) is 14.8. The Morgan fingerprint density at radius 3 is 2.80 bits per heavy atom. The molecule has 5 nitrogen and oxygen atoms in total. The molecule has 2 heterocycles. The Morgan fingerprint density at radius 1 is 1.45 bits per heavy atom. The van der Waals surface area contributed by atoms with Crippen LogP contribution in [0.5, 0.6) is 0 Å². The molecule has 0 bridgehead atoms. The fourth-order valence-corrected chi connectivity index (χ4v) is 4.10. The number of rotatable bonds is 6. The van der Waals surface area contributed by atoms with Gasteiger partial charge in [0.05, 0.1) is 4.90 Å². The molecular formula is C13H19N3O2S2. The second kappa shape index (κ2) is 6.09. The predicted octanol–water partition coefficient (Wildman–Crippen LogP) is 1.59. The second-order valence-corrected chi connectivity index (χ2v) is 7.30. The highest BCUT2D eigenvalue weighted by Gasteiger charge is 2.17. The van der Waals surface area contributed by atoms with Gasteiger partial charge in [-0.15, -0.1) is 11.3 Å². The summed E-state index contributed by atoms with van der Waals surface area (Å²) in [6.07, 6.45) is 2.49. The highest BCUT2D eigenvalue weighted by Crippen LogP contribution is 2.19. The van der Waals surface area contributed by atoms with E-state index in [4.69, 9.17) is 5.73 Å². The molecule has 110 valence electrons. The van der Waals surface area contributed by atoms with Gasteiger partial charge in [0, 0.05) is 36.9 Å². The van der Waals surface area contributed by atoms with Crippen LogP contribution in [0.15, 0.2) is 28.6 Å². The van der Waals surface area contributed by atoms with Crippen LogP contribution in [0.1, 0.15) is 23.1 Å². The summed E-state index contributed by atoms with van der Waals surface area (Å²) in [7, 11) is -1.71. The average molecular weight is 313 g/mol. The summed E-state index contributed by atoms with van der Waals surface area (Å²) in [6.45, 7) is 2.71. The van der Waals surface area contributed by atoms with E-state index in [-0.39, 0.29) is 4.90 Å². The standard InChI is InChI=1S/C13H19N3O2S2/c1-3-10-4-5-19-13(10)8-15-20(17,18)12-6-11(7-14)16(2)9-12/h4-6,9,15H,3,7-8,14H2,1-2H3. The fourth-order valence-electron chi connectivity index (χ4n) is 2.01. The number of aromatic nitrogens is 1. The lowest BCUT2D eigenvalue weighted by molar-refractivity contribution is 0.581. The third-order valence-electron chi connectivity index (χ3n) is 3.24. The molecule has 0 amide bonds. The van der Waals surface area contributed by atoms with Gasteiger partial charge in [-0.3, -0.25) is 0 Å². The van der Waals surface area contributed by atoms with Crippen molar-refractivity contribution in [2.75, 3.05) is 0 Å². The molecule has 2 aromatic heterocycles. The average Bonchev–Trinajstić information content (AvgIpc) is 3.02. The Morgan fingerprint density at radius 2 is 2.20 bits per heavy atom. The van der Waals surface area contributed by atoms with Crippen molar-refractivity contribution in [3.05, 3.63) is 39.8 Å². The summed E-state index contributed by atoms with van der Waals surface area (Å²) in [5.41, 5.74) is 7.54. The number of nitrogens with zero attached hydrogens (tertiary/aromatic N) is 1. The van der Waals surface area contributed by atoms with Crippen molar-refractivity contribution in [2.45, 2.75) is 31.3 Å². The van der Waals surface area contributed by atoms with Crippen LogP contribution in [-0.4, -0.2) is 13.0 Å². The molecule has 0 aliphatic rings. The number of aryl methyl sites for hydroxylation is 2. The molecule has 0 unspecified atom stereocenters. The van der Waals surface area contributed by atoms with Gasteiger partial charge in [0.2, 0.25) is 10.0 Å². The van der Waals surface area contributed by atoms with Crippen LogP contribution < -0.4 is 10.5 Å². The van der Waals surface area contributed by atoms with Crippen LogP contribution in [0.25, 0.3) is 0 Å². The SMILES string of the molecule is CCc1ccsc1CNS(=O)(=O)c1cc(CN)n(C)c1. The number of nitrogens with two attached hydrogens (primary N) is 1. The van der Waals surface area contributed by atoms with Crippen molar-refractivity contribution in [3.63, 3.8) is 0 Å². The highest BCUT2D eigenvalue weighted by molar-refractivity contribution is 7.89. The summed E-state index contributed by atoms with van der Waals surface area (Å²) < 4.78 is 28.9. The lowest BCUT2D eigenvalue weighted by atomic mass is 10.2. The van der Waals surface area contributed by atoms with Gasteiger partial charge in [0.1, 0.15) is 0 Å².